The SMILES string of the molecule is CNC(=O)C(C)N1CCCC1C.Cl. The van der Waals surface area contributed by atoms with E-state index in [1.807, 2.05) is 6.92 Å². The van der Waals surface area contributed by atoms with Crippen LogP contribution in [0.25, 0.3) is 0 Å². The van der Waals surface area contributed by atoms with Gasteiger partial charge in [-0.2, -0.15) is 0 Å². The van der Waals surface area contributed by atoms with Gasteiger partial charge in [0, 0.05) is 13.1 Å². The van der Waals surface area contributed by atoms with Crippen molar-refractivity contribution in [3.63, 3.8) is 0 Å². The lowest BCUT2D eigenvalue weighted by molar-refractivity contribution is -0.125. The Bertz CT molecular complexity index is 175. The minimum atomic E-state index is 0. The molecule has 2 atom stereocenters. The van der Waals surface area contributed by atoms with Gasteiger partial charge >= 0.3 is 0 Å². The zero-order valence-electron chi connectivity index (χ0n) is 8.54. The van der Waals surface area contributed by atoms with Gasteiger partial charge in [0.05, 0.1) is 6.04 Å². The Kier molecular flexibility index (Phi) is 5.33. The summed E-state index contributed by atoms with van der Waals surface area (Å²) in [5.74, 6) is 0.128. The lowest BCUT2D eigenvalue weighted by atomic mass is 10.2. The summed E-state index contributed by atoms with van der Waals surface area (Å²) < 4.78 is 0. The molecular formula is C9H19ClN2O. The first-order chi connectivity index (χ1) is 5.66. The van der Waals surface area contributed by atoms with Gasteiger partial charge in [0.1, 0.15) is 0 Å². The maximum Gasteiger partial charge on any atom is 0.236 e. The molecule has 3 nitrogen and oxygen atoms in total. The van der Waals surface area contributed by atoms with Gasteiger partial charge in [-0.15, -0.1) is 12.4 Å². The predicted molar refractivity (Wildman–Crippen MR) is 56.2 cm³/mol. The molecule has 0 aromatic rings. The van der Waals surface area contributed by atoms with Crippen LogP contribution in [0.15, 0.2) is 0 Å². The summed E-state index contributed by atoms with van der Waals surface area (Å²) in [6.07, 6.45) is 2.45. The summed E-state index contributed by atoms with van der Waals surface area (Å²) in [6, 6.07) is 0.602. The van der Waals surface area contributed by atoms with Crippen LogP contribution >= 0.6 is 12.4 Å². The second-order valence-electron chi connectivity index (χ2n) is 3.52. The van der Waals surface area contributed by atoms with Crippen LogP contribution in [0.3, 0.4) is 0 Å². The molecule has 0 aromatic heterocycles. The molecule has 1 aliphatic rings. The number of rotatable bonds is 2. The molecule has 1 amide bonds. The Morgan fingerprint density at radius 3 is 2.62 bits per heavy atom. The number of amides is 1. The molecule has 0 spiro atoms. The third-order valence-electron chi connectivity index (χ3n) is 2.73. The van der Waals surface area contributed by atoms with Crippen molar-refractivity contribution in [2.24, 2.45) is 0 Å². The van der Waals surface area contributed by atoms with E-state index >= 15 is 0 Å². The molecule has 1 aliphatic heterocycles. The number of likely N-dealkylation sites (N-methyl/N-ethyl adjacent to an activating group) is 1. The van der Waals surface area contributed by atoms with Crippen molar-refractivity contribution in [2.45, 2.75) is 38.8 Å². The fourth-order valence-corrected chi connectivity index (χ4v) is 1.89. The average molecular weight is 207 g/mol. The molecule has 0 saturated carbocycles. The second kappa shape index (κ2) is 5.45. The zero-order chi connectivity index (χ0) is 9.14. The van der Waals surface area contributed by atoms with Crippen LogP contribution in [0.2, 0.25) is 0 Å². The third-order valence-corrected chi connectivity index (χ3v) is 2.73. The molecule has 1 heterocycles. The van der Waals surface area contributed by atoms with Crippen molar-refractivity contribution >= 4 is 18.3 Å². The Labute approximate surface area is 86.3 Å². The van der Waals surface area contributed by atoms with Gasteiger partial charge in [-0.25, -0.2) is 0 Å². The maximum atomic E-state index is 11.3. The number of carbonyl (C=O) groups is 1. The summed E-state index contributed by atoms with van der Waals surface area (Å²) in [7, 11) is 1.69. The largest absolute Gasteiger partial charge is 0.358 e. The highest BCUT2D eigenvalue weighted by Gasteiger charge is 2.28. The Morgan fingerprint density at radius 1 is 1.62 bits per heavy atom. The van der Waals surface area contributed by atoms with Gasteiger partial charge in [-0.1, -0.05) is 0 Å². The lowest BCUT2D eigenvalue weighted by Crippen LogP contribution is -2.45. The van der Waals surface area contributed by atoms with Crippen LogP contribution in [0, 0.1) is 0 Å². The number of hydrogen-bond donors (Lipinski definition) is 1. The molecule has 1 saturated heterocycles. The van der Waals surface area contributed by atoms with E-state index in [1.54, 1.807) is 7.05 Å². The van der Waals surface area contributed by atoms with Gasteiger partial charge in [0.2, 0.25) is 5.91 Å². The van der Waals surface area contributed by atoms with E-state index < -0.39 is 0 Å². The van der Waals surface area contributed by atoms with E-state index in [2.05, 4.69) is 17.1 Å². The minimum absolute atomic E-state index is 0. The molecular weight excluding hydrogens is 188 g/mol. The Hall–Kier alpha value is -0.280. The number of nitrogens with zero attached hydrogens (tertiary/aromatic N) is 1. The maximum absolute atomic E-state index is 11.3. The first-order valence-corrected chi connectivity index (χ1v) is 4.64. The molecule has 0 bridgehead atoms. The highest BCUT2D eigenvalue weighted by Crippen LogP contribution is 2.18. The highest BCUT2D eigenvalue weighted by molar-refractivity contribution is 5.85. The van der Waals surface area contributed by atoms with Crippen LogP contribution in [-0.2, 0) is 4.79 Å². The van der Waals surface area contributed by atoms with Gasteiger partial charge in [-0.3, -0.25) is 9.69 Å². The van der Waals surface area contributed by atoms with E-state index in [0.29, 0.717) is 6.04 Å². The van der Waals surface area contributed by atoms with Gasteiger partial charge < -0.3 is 5.32 Å². The first-order valence-electron chi connectivity index (χ1n) is 4.64. The van der Waals surface area contributed by atoms with Crippen molar-refractivity contribution in [3.05, 3.63) is 0 Å². The van der Waals surface area contributed by atoms with Crippen LogP contribution < -0.4 is 5.32 Å². The van der Waals surface area contributed by atoms with Crippen molar-refractivity contribution in [1.29, 1.82) is 0 Å². The van der Waals surface area contributed by atoms with Crippen molar-refractivity contribution < 1.29 is 4.79 Å². The van der Waals surface area contributed by atoms with E-state index in [9.17, 15) is 4.79 Å². The minimum Gasteiger partial charge on any atom is -0.358 e. The quantitative estimate of drug-likeness (QED) is 0.732. The summed E-state index contributed by atoms with van der Waals surface area (Å²) in [4.78, 5) is 13.6. The molecule has 1 fully saturated rings. The second-order valence-corrected chi connectivity index (χ2v) is 3.52. The highest BCUT2D eigenvalue weighted by atomic mass is 35.5. The van der Waals surface area contributed by atoms with Crippen LogP contribution in [-0.4, -0.2) is 36.5 Å². The monoisotopic (exact) mass is 206 g/mol. The van der Waals surface area contributed by atoms with Crippen LogP contribution in [0.1, 0.15) is 26.7 Å². The third kappa shape index (κ3) is 2.85. The van der Waals surface area contributed by atoms with Gasteiger partial charge in [-0.05, 0) is 33.2 Å². The molecule has 78 valence electrons. The van der Waals surface area contributed by atoms with Crippen molar-refractivity contribution in [3.8, 4) is 0 Å². The number of likely N-dealkylation sites (tertiary alicyclic amines) is 1. The van der Waals surface area contributed by atoms with Crippen LogP contribution in [0.5, 0.6) is 0 Å². The summed E-state index contributed by atoms with van der Waals surface area (Å²) in [5, 5.41) is 2.68. The topological polar surface area (TPSA) is 32.3 Å². The predicted octanol–water partition coefficient (Wildman–Crippen LogP) is 1.03. The number of halogens is 1. The number of nitrogens with one attached hydrogen (secondary N) is 1. The van der Waals surface area contributed by atoms with E-state index in [-0.39, 0.29) is 24.4 Å². The van der Waals surface area contributed by atoms with Gasteiger partial charge in [0.25, 0.3) is 0 Å². The summed E-state index contributed by atoms with van der Waals surface area (Å²) in [6.45, 7) is 5.23. The molecule has 0 aliphatic carbocycles. The first kappa shape index (κ1) is 12.7. The zero-order valence-corrected chi connectivity index (χ0v) is 9.36. The van der Waals surface area contributed by atoms with E-state index in [0.717, 1.165) is 6.54 Å². The number of hydrogen-bond acceptors (Lipinski definition) is 2. The smallest absolute Gasteiger partial charge is 0.236 e. The molecule has 1 N–H and O–H groups in total. The molecule has 2 unspecified atom stereocenters. The van der Waals surface area contributed by atoms with Crippen molar-refractivity contribution in [1.82, 2.24) is 10.2 Å². The average Bonchev–Trinajstić information content (AvgIpc) is 2.48. The summed E-state index contributed by atoms with van der Waals surface area (Å²) >= 11 is 0. The van der Waals surface area contributed by atoms with E-state index in [4.69, 9.17) is 0 Å². The van der Waals surface area contributed by atoms with E-state index in [1.165, 1.54) is 12.8 Å². The van der Waals surface area contributed by atoms with Crippen molar-refractivity contribution in [2.75, 3.05) is 13.6 Å². The molecule has 4 heteroatoms. The van der Waals surface area contributed by atoms with Gasteiger partial charge in [0.15, 0.2) is 0 Å². The number of carbonyl (C=O) groups excluding carboxylic acids is 1. The Morgan fingerprint density at radius 2 is 2.23 bits per heavy atom. The fourth-order valence-electron chi connectivity index (χ4n) is 1.89. The standard InChI is InChI=1S/C9H18N2O.ClH/c1-7-5-4-6-11(7)8(2)9(12)10-3;/h7-8H,4-6H2,1-3H3,(H,10,12);1H. The molecule has 1 rings (SSSR count). The summed E-state index contributed by atoms with van der Waals surface area (Å²) in [5.41, 5.74) is 0. The fraction of sp³-hybridized carbons (Fsp3) is 0.889. The lowest BCUT2D eigenvalue weighted by Gasteiger charge is -2.26. The molecule has 0 aromatic carbocycles. The molecule has 13 heavy (non-hydrogen) atoms. The van der Waals surface area contributed by atoms with Crippen LogP contribution in [0.4, 0.5) is 0 Å². The normalized spacial score (nSPS) is 25.0. The molecule has 0 radical (unpaired) electrons. The Balaban J connectivity index is 0.00000144.